The highest BCUT2D eigenvalue weighted by atomic mass is 15.1. The van der Waals surface area contributed by atoms with Crippen LogP contribution < -0.4 is 5.73 Å². The zero-order valence-electron chi connectivity index (χ0n) is 10.6. The molecule has 4 heteroatoms. The number of rotatable bonds is 2. The van der Waals surface area contributed by atoms with Crippen molar-refractivity contribution in [1.82, 2.24) is 15.2 Å². The summed E-state index contributed by atoms with van der Waals surface area (Å²) >= 11 is 0. The summed E-state index contributed by atoms with van der Waals surface area (Å²) in [5.74, 6) is 0.564. The van der Waals surface area contributed by atoms with Crippen molar-refractivity contribution in [2.45, 2.75) is 6.92 Å². The van der Waals surface area contributed by atoms with Crippen molar-refractivity contribution in [3.8, 4) is 22.4 Å². The van der Waals surface area contributed by atoms with Gasteiger partial charge in [0.1, 0.15) is 5.82 Å². The summed E-state index contributed by atoms with van der Waals surface area (Å²) < 4.78 is 0. The van der Waals surface area contributed by atoms with Crippen LogP contribution in [0.5, 0.6) is 0 Å². The van der Waals surface area contributed by atoms with E-state index in [-0.39, 0.29) is 0 Å². The number of H-pyrrole nitrogens is 1. The summed E-state index contributed by atoms with van der Waals surface area (Å²) in [4.78, 5) is 4.28. The molecular formula is C15H14N4. The Kier molecular flexibility index (Phi) is 2.76. The number of aryl methyl sites for hydroxylation is 1. The molecule has 0 unspecified atom stereocenters. The fourth-order valence-electron chi connectivity index (χ4n) is 2.07. The number of benzene rings is 1. The van der Waals surface area contributed by atoms with Crippen molar-refractivity contribution in [2.75, 3.05) is 5.73 Å². The number of anilines is 1. The van der Waals surface area contributed by atoms with Crippen LogP contribution in [-0.4, -0.2) is 15.2 Å². The standard InChI is InChI=1S/C15H14N4/c1-10-2-7-13(15(16)18-10)11-3-5-12(6-4-11)14-8-9-17-19-14/h2-9H,1H3,(H2,16,18)(H,17,19). The third-order valence-electron chi connectivity index (χ3n) is 3.07. The molecule has 19 heavy (non-hydrogen) atoms. The Morgan fingerprint density at radius 3 is 2.32 bits per heavy atom. The maximum absolute atomic E-state index is 5.96. The van der Waals surface area contributed by atoms with Gasteiger partial charge in [-0.1, -0.05) is 24.3 Å². The van der Waals surface area contributed by atoms with Crippen molar-refractivity contribution in [1.29, 1.82) is 0 Å². The Labute approximate surface area is 111 Å². The minimum atomic E-state index is 0.564. The molecule has 3 rings (SSSR count). The van der Waals surface area contributed by atoms with Gasteiger partial charge in [-0.25, -0.2) is 4.98 Å². The zero-order valence-corrected chi connectivity index (χ0v) is 10.6. The SMILES string of the molecule is Cc1ccc(-c2ccc(-c3ccn[nH]3)cc2)c(N)n1. The van der Waals surface area contributed by atoms with E-state index in [9.17, 15) is 0 Å². The van der Waals surface area contributed by atoms with Crippen LogP contribution in [-0.2, 0) is 0 Å². The van der Waals surface area contributed by atoms with Gasteiger partial charge in [0.2, 0.25) is 0 Å². The van der Waals surface area contributed by atoms with Gasteiger partial charge >= 0.3 is 0 Å². The molecule has 2 heterocycles. The van der Waals surface area contributed by atoms with Gasteiger partial charge in [0.05, 0.1) is 5.69 Å². The Morgan fingerprint density at radius 1 is 0.947 bits per heavy atom. The highest BCUT2D eigenvalue weighted by Gasteiger charge is 2.05. The van der Waals surface area contributed by atoms with Crippen LogP contribution in [0.3, 0.4) is 0 Å². The first-order valence-corrected chi connectivity index (χ1v) is 6.07. The van der Waals surface area contributed by atoms with Gasteiger partial charge in [-0.15, -0.1) is 0 Å². The normalized spacial score (nSPS) is 10.6. The molecule has 3 aromatic rings. The van der Waals surface area contributed by atoms with E-state index in [2.05, 4.69) is 15.2 Å². The van der Waals surface area contributed by atoms with Gasteiger partial charge in [0.15, 0.2) is 0 Å². The van der Waals surface area contributed by atoms with Crippen molar-refractivity contribution >= 4 is 5.82 Å². The number of aromatic amines is 1. The molecule has 0 aliphatic rings. The van der Waals surface area contributed by atoms with E-state index < -0.39 is 0 Å². The quantitative estimate of drug-likeness (QED) is 0.734. The number of nitrogens with two attached hydrogens (primary N) is 1. The fourth-order valence-corrected chi connectivity index (χ4v) is 2.07. The summed E-state index contributed by atoms with van der Waals surface area (Å²) in [6, 6.07) is 14.1. The Bertz CT molecular complexity index is 685. The Morgan fingerprint density at radius 2 is 1.68 bits per heavy atom. The van der Waals surface area contributed by atoms with E-state index in [1.807, 2.05) is 49.4 Å². The lowest BCUT2D eigenvalue weighted by Gasteiger charge is -2.06. The predicted molar refractivity (Wildman–Crippen MR) is 76.4 cm³/mol. The van der Waals surface area contributed by atoms with Crippen molar-refractivity contribution in [3.63, 3.8) is 0 Å². The molecule has 0 saturated carbocycles. The largest absolute Gasteiger partial charge is 0.383 e. The number of nitrogen functional groups attached to an aromatic ring is 1. The van der Waals surface area contributed by atoms with Crippen molar-refractivity contribution in [3.05, 3.63) is 54.4 Å². The molecule has 0 fully saturated rings. The first kappa shape index (κ1) is 11.5. The maximum atomic E-state index is 5.96. The van der Waals surface area contributed by atoms with E-state index in [4.69, 9.17) is 5.73 Å². The average molecular weight is 250 g/mol. The van der Waals surface area contributed by atoms with Gasteiger partial charge in [-0.3, -0.25) is 5.10 Å². The first-order chi connectivity index (χ1) is 9.24. The van der Waals surface area contributed by atoms with E-state index in [0.29, 0.717) is 5.82 Å². The summed E-state index contributed by atoms with van der Waals surface area (Å²) in [5.41, 5.74) is 11.0. The summed E-state index contributed by atoms with van der Waals surface area (Å²) in [6.45, 7) is 1.93. The van der Waals surface area contributed by atoms with E-state index in [0.717, 1.165) is 28.1 Å². The molecule has 2 aromatic heterocycles. The molecule has 3 N–H and O–H groups in total. The van der Waals surface area contributed by atoms with Crippen LogP contribution in [0.4, 0.5) is 5.82 Å². The summed E-state index contributed by atoms with van der Waals surface area (Å²) in [6.07, 6.45) is 1.74. The molecular weight excluding hydrogens is 236 g/mol. The molecule has 1 aromatic carbocycles. The van der Waals surface area contributed by atoms with Crippen molar-refractivity contribution < 1.29 is 0 Å². The smallest absolute Gasteiger partial charge is 0.131 e. The van der Waals surface area contributed by atoms with Gasteiger partial charge < -0.3 is 5.73 Å². The van der Waals surface area contributed by atoms with Crippen LogP contribution in [0.15, 0.2) is 48.7 Å². The minimum absolute atomic E-state index is 0.564. The van der Waals surface area contributed by atoms with Crippen LogP contribution in [0.1, 0.15) is 5.69 Å². The lowest BCUT2D eigenvalue weighted by Crippen LogP contribution is -1.95. The second-order valence-electron chi connectivity index (χ2n) is 4.43. The van der Waals surface area contributed by atoms with Gasteiger partial charge in [0, 0.05) is 17.5 Å². The van der Waals surface area contributed by atoms with Crippen LogP contribution in [0.25, 0.3) is 22.4 Å². The monoisotopic (exact) mass is 250 g/mol. The highest BCUT2D eigenvalue weighted by molar-refractivity contribution is 5.75. The summed E-state index contributed by atoms with van der Waals surface area (Å²) in [7, 11) is 0. The second-order valence-corrected chi connectivity index (χ2v) is 4.43. The highest BCUT2D eigenvalue weighted by Crippen LogP contribution is 2.27. The number of hydrogen-bond donors (Lipinski definition) is 2. The van der Waals surface area contributed by atoms with Crippen molar-refractivity contribution in [2.24, 2.45) is 0 Å². The third kappa shape index (κ3) is 2.20. The number of pyridine rings is 1. The Balaban J connectivity index is 1.98. The number of hydrogen-bond acceptors (Lipinski definition) is 3. The maximum Gasteiger partial charge on any atom is 0.131 e. The van der Waals surface area contributed by atoms with E-state index in [1.165, 1.54) is 0 Å². The fraction of sp³-hybridized carbons (Fsp3) is 0.0667. The van der Waals surface area contributed by atoms with E-state index >= 15 is 0 Å². The summed E-state index contributed by atoms with van der Waals surface area (Å²) in [5, 5.41) is 6.89. The molecule has 0 bridgehead atoms. The average Bonchev–Trinajstić information content (AvgIpc) is 2.93. The number of nitrogens with one attached hydrogen (secondary N) is 1. The molecule has 4 nitrogen and oxygen atoms in total. The molecule has 94 valence electrons. The van der Waals surface area contributed by atoms with Crippen LogP contribution >= 0.6 is 0 Å². The van der Waals surface area contributed by atoms with Gasteiger partial charge in [-0.2, -0.15) is 5.10 Å². The molecule has 0 aliphatic carbocycles. The molecule has 0 amide bonds. The molecule has 0 aliphatic heterocycles. The molecule has 0 atom stereocenters. The zero-order chi connectivity index (χ0) is 13.2. The van der Waals surface area contributed by atoms with Gasteiger partial charge in [0.25, 0.3) is 0 Å². The lowest BCUT2D eigenvalue weighted by molar-refractivity contribution is 1.10. The lowest BCUT2D eigenvalue weighted by atomic mass is 10.0. The Hall–Kier alpha value is -2.62. The second kappa shape index (κ2) is 4.57. The van der Waals surface area contributed by atoms with Crippen LogP contribution in [0, 0.1) is 6.92 Å². The predicted octanol–water partition coefficient (Wildman–Crippen LogP) is 3.03. The van der Waals surface area contributed by atoms with Crippen LogP contribution in [0.2, 0.25) is 0 Å². The number of nitrogens with zero attached hydrogens (tertiary/aromatic N) is 2. The first-order valence-electron chi connectivity index (χ1n) is 6.07. The van der Waals surface area contributed by atoms with Gasteiger partial charge in [-0.05, 0) is 36.2 Å². The third-order valence-corrected chi connectivity index (χ3v) is 3.07. The van der Waals surface area contributed by atoms with E-state index in [1.54, 1.807) is 6.20 Å². The molecule has 0 radical (unpaired) electrons. The molecule has 0 saturated heterocycles. The molecule has 0 spiro atoms. The topological polar surface area (TPSA) is 67.6 Å². The number of aromatic nitrogens is 3. The minimum Gasteiger partial charge on any atom is -0.383 e.